The van der Waals surface area contributed by atoms with Crippen LogP contribution in [0.2, 0.25) is 0 Å². The van der Waals surface area contributed by atoms with Crippen LogP contribution in [0.15, 0.2) is 41.0 Å². The number of carbonyl (C=O) groups is 1. The molecule has 0 bridgehead atoms. The fourth-order valence-corrected chi connectivity index (χ4v) is 3.22. The zero-order valence-electron chi connectivity index (χ0n) is 14.3. The second-order valence-corrected chi connectivity index (χ2v) is 6.22. The van der Waals surface area contributed by atoms with Crippen molar-refractivity contribution in [3.05, 3.63) is 53.7 Å². The average molecular weight is 346 g/mol. The van der Waals surface area contributed by atoms with Crippen LogP contribution in [0.4, 0.5) is 4.39 Å². The van der Waals surface area contributed by atoms with Crippen molar-refractivity contribution in [2.75, 3.05) is 26.7 Å². The molecule has 1 fully saturated rings. The Bertz CT molecular complexity index is 697. The third-order valence-corrected chi connectivity index (χ3v) is 4.53. The minimum absolute atomic E-state index is 0.0362. The van der Waals surface area contributed by atoms with Crippen molar-refractivity contribution >= 4 is 5.91 Å². The Labute approximate surface area is 146 Å². The fraction of sp³-hybridized carbons (Fsp3) is 0.421. The number of rotatable bonds is 7. The van der Waals surface area contributed by atoms with E-state index in [4.69, 9.17) is 9.15 Å². The predicted octanol–water partition coefficient (Wildman–Crippen LogP) is 2.92. The molecule has 2 aromatic rings. The molecule has 0 radical (unpaired) electrons. The molecule has 1 aromatic carbocycles. The molecular formula is C19H23FN2O3. The van der Waals surface area contributed by atoms with Gasteiger partial charge in [-0.2, -0.15) is 0 Å². The number of nitrogens with one attached hydrogen (secondary N) is 1. The molecule has 0 unspecified atom stereocenters. The number of amides is 1. The summed E-state index contributed by atoms with van der Waals surface area (Å²) in [7, 11) is 1.41. The molecule has 5 nitrogen and oxygen atoms in total. The summed E-state index contributed by atoms with van der Waals surface area (Å²) in [5, 5.41) is 2.95. The van der Waals surface area contributed by atoms with Crippen LogP contribution in [0.5, 0.6) is 5.75 Å². The number of furan rings is 1. The first-order valence-corrected chi connectivity index (χ1v) is 8.54. The number of hydrogen-bond donors (Lipinski definition) is 1. The smallest absolute Gasteiger partial charge is 0.224 e. The van der Waals surface area contributed by atoms with Gasteiger partial charge in [0.25, 0.3) is 0 Å². The number of methoxy groups -OCH3 is 1. The molecule has 1 saturated heterocycles. The average Bonchev–Trinajstić information content (AvgIpc) is 3.29. The van der Waals surface area contributed by atoms with Crippen molar-refractivity contribution < 1.29 is 18.3 Å². The number of carbonyl (C=O) groups excluding carboxylic acids is 1. The molecule has 1 amide bonds. The Morgan fingerprint density at radius 2 is 2.16 bits per heavy atom. The number of likely N-dealkylation sites (tertiary alicyclic amines) is 1. The van der Waals surface area contributed by atoms with Crippen LogP contribution in [0.3, 0.4) is 0 Å². The number of hydrogen-bond acceptors (Lipinski definition) is 4. The van der Waals surface area contributed by atoms with Crippen LogP contribution in [-0.2, 0) is 11.2 Å². The van der Waals surface area contributed by atoms with Gasteiger partial charge in [0.15, 0.2) is 11.6 Å². The van der Waals surface area contributed by atoms with Gasteiger partial charge in [-0.25, -0.2) is 4.39 Å². The highest BCUT2D eigenvalue weighted by molar-refractivity contribution is 5.78. The van der Waals surface area contributed by atoms with E-state index < -0.39 is 5.82 Å². The van der Waals surface area contributed by atoms with E-state index in [2.05, 4.69) is 10.2 Å². The zero-order chi connectivity index (χ0) is 17.6. The van der Waals surface area contributed by atoms with E-state index in [0.717, 1.165) is 31.7 Å². The number of ether oxygens (including phenoxy) is 1. The van der Waals surface area contributed by atoms with Gasteiger partial charge >= 0.3 is 0 Å². The SMILES string of the molecule is COc1ccc(CC(=O)NC[C@@H](c2ccco2)N2CCCC2)cc1F. The minimum atomic E-state index is -0.460. The van der Waals surface area contributed by atoms with Gasteiger partial charge in [-0.05, 0) is 55.8 Å². The van der Waals surface area contributed by atoms with Crippen LogP contribution < -0.4 is 10.1 Å². The lowest BCUT2D eigenvalue weighted by molar-refractivity contribution is -0.120. The van der Waals surface area contributed by atoms with E-state index in [-0.39, 0.29) is 24.1 Å². The van der Waals surface area contributed by atoms with Crippen LogP contribution in [0, 0.1) is 5.82 Å². The molecule has 1 aliphatic rings. The van der Waals surface area contributed by atoms with Crippen molar-refractivity contribution in [2.45, 2.75) is 25.3 Å². The molecule has 6 heteroatoms. The summed E-state index contributed by atoms with van der Waals surface area (Å²) >= 11 is 0. The number of nitrogens with zero attached hydrogens (tertiary/aromatic N) is 1. The maximum Gasteiger partial charge on any atom is 0.224 e. The van der Waals surface area contributed by atoms with E-state index in [0.29, 0.717) is 12.1 Å². The standard InChI is InChI=1S/C19H23FN2O3/c1-24-17-7-6-14(11-15(17)20)12-19(23)21-13-16(18-5-4-10-25-18)22-8-2-3-9-22/h4-7,10-11,16H,2-3,8-9,12-13H2,1H3,(H,21,23)/t16-/m0/s1. The summed E-state index contributed by atoms with van der Waals surface area (Å²) in [6.07, 6.45) is 4.11. The summed E-state index contributed by atoms with van der Waals surface area (Å²) in [5.41, 5.74) is 0.617. The molecule has 0 saturated carbocycles. The van der Waals surface area contributed by atoms with Crippen molar-refractivity contribution in [3.63, 3.8) is 0 Å². The summed E-state index contributed by atoms with van der Waals surface area (Å²) in [6, 6.07) is 8.41. The molecule has 1 aromatic heterocycles. The van der Waals surface area contributed by atoms with E-state index in [1.54, 1.807) is 12.3 Å². The molecule has 2 heterocycles. The second-order valence-electron chi connectivity index (χ2n) is 6.22. The van der Waals surface area contributed by atoms with Crippen molar-refractivity contribution in [2.24, 2.45) is 0 Å². The van der Waals surface area contributed by atoms with Crippen LogP contribution >= 0.6 is 0 Å². The molecule has 0 spiro atoms. The van der Waals surface area contributed by atoms with Crippen LogP contribution in [-0.4, -0.2) is 37.6 Å². The minimum Gasteiger partial charge on any atom is -0.494 e. The molecule has 134 valence electrons. The van der Waals surface area contributed by atoms with Gasteiger partial charge in [-0.3, -0.25) is 9.69 Å². The fourth-order valence-electron chi connectivity index (χ4n) is 3.22. The van der Waals surface area contributed by atoms with Crippen molar-refractivity contribution in [1.82, 2.24) is 10.2 Å². The lowest BCUT2D eigenvalue weighted by Crippen LogP contribution is -2.37. The first kappa shape index (κ1) is 17.5. The second kappa shape index (κ2) is 8.16. The lowest BCUT2D eigenvalue weighted by Gasteiger charge is -2.26. The first-order chi connectivity index (χ1) is 12.2. The number of halogens is 1. The van der Waals surface area contributed by atoms with E-state index >= 15 is 0 Å². The van der Waals surface area contributed by atoms with E-state index in [9.17, 15) is 9.18 Å². The molecule has 25 heavy (non-hydrogen) atoms. The zero-order valence-corrected chi connectivity index (χ0v) is 14.3. The quantitative estimate of drug-likeness (QED) is 0.837. The van der Waals surface area contributed by atoms with Gasteiger partial charge in [0.05, 0.1) is 25.8 Å². The number of benzene rings is 1. The summed E-state index contributed by atoms with van der Waals surface area (Å²) in [6.45, 7) is 2.49. The molecule has 1 atom stereocenters. The molecular weight excluding hydrogens is 323 g/mol. The summed E-state index contributed by atoms with van der Waals surface area (Å²) in [5.74, 6) is 0.437. The van der Waals surface area contributed by atoms with Gasteiger partial charge in [0.1, 0.15) is 5.76 Å². The highest BCUT2D eigenvalue weighted by Crippen LogP contribution is 2.25. The maximum absolute atomic E-state index is 13.7. The third-order valence-electron chi connectivity index (χ3n) is 4.53. The van der Waals surface area contributed by atoms with Gasteiger partial charge in [0, 0.05) is 6.54 Å². The largest absolute Gasteiger partial charge is 0.494 e. The van der Waals surface area contributed by atoms with Gasteiger partial charge < -0.3 is 14.5 Å². The maximum atomic E-state index is 13.7. The predicted molar refractivity (Wildman–Crippen MR) is 91.9 cm³/mol. The molecule has 0 aliphatic carbocycles. The summed E-state index contributed by atoms with van der Waals surface area (Å²) in [4.78, 5) is 14.6. The van der Waals surface area contributed by atoms with Gasteiger partial charge in [-0.1, -0.05) is 6.07 Å². The van der Waals surface area contributed by atoms with Gasteiger partial charge in [0.2, 0.25) is 5.91 Å². The van der Waals surface area contributed by atoms with Gasteiger partial charge in [-0.15, -0.1) is 0 Å². The Hall–Kier alpha value is -2.34. The van der Waals surface area contributed by atoms with Crippen molar-refractivity contribution in [3.8, 4) is 5.75 Å². The highest BCUT2D eigenvalue weighted by atomic mass is 19.1. The molecule has 3 rings (SSSR count). The lowest BCUT2D eigenvalue weighted by atomic mass is 10.1. The van der Waals surface area contributed by atoms with Crippen LogP contribution in [0.1, 0.15) is 30.2 Å². The first-order valence-electron chi connectivity index (χ1n) is 8.54. The van der Waals surface area contributed by atoms with Crippen molar-refractivity contribution in [1.29, 1.82) is 0 Å². The Kier molecular flexibility index (Phi) is 5.71. The third kappa shape index (κ3) is 4.39. The highest BCUT2D eigenvalue weighted by Gasteiger charge is 2.25. The Morgan fingerprint density at radius 1 is 1.36 bits per heavy atom. The molecule has 1 aliphatic heterocycles. The summed E-state index contributed by atoms with van der Waals surface area (Å²) < 4.78 is 24.2. The Morgan fingerprint density at radius 3 is 2.80 bits per heavy atom. The topological polar surface area (TPSA) is 54.7 Å². The van der Waals surface area contributed by atoms with E-state index in [1.807, 2.05) is 12.1 Å². The monoisotopic (exact) mass is 346 g/mol. The van der Waals surface area contributed by atoms with E-state index in [1.165, 1.54) is 19.2 Å². The Balaban J connectivity index is 1.59. The van der Waals surface area contributed by atoms with Crippen LogP contribution in [0.25, 0.3) is 0 Å². The normalized spacial score (nSPS) is 15.9. The molecule has 1 N–H and O–H groups in total.